The summed E-state index contributed by atoms with van der Waals surface area (Å²) in [4.78, 5) is 10.4. The van der Waals surface area contributed by atoms with Crippen molar-refractivity contribution in [3.05, 3.63) is 29.8 Å². The number of rotatable bonds is 4. The Balaban J connectivity index is 3.00. The molecule has 18 heavy (non-hydrogen) atoms. The van der Waals surface area contributed by atoms with Gasteiger partial charge in [0.15, 0.2) is 15.6 Å². The lowest BCUT2D eigenvalue weighted by Gasteiger charge is -2.09. The molecule has 0 aromatic heterocycles. The normalized spacial score (nSPS) is 11.6. The van der Waals surface area contributed by atoms with E-state index in [0.717, 1.165) is 6.07 Å². The van der Waals surface area contributed by atoms with Gasteiger partial charge < -0.3 is 4.74 Å². The molecule has 0 bridgehead atoms. The summed E-state index contributed by atoms with van der Waals surface area (Å²) in [5.74, 6) is -4.03. The molecule has 0 N–H and O–H groups in total. The standard InChI is InChI=1S/C11H12F2O4S/c1-7(2)17-11(14)6-18(15,16)10-5-8(12)3-4-9(10)13/h3-5,7H,6H2,1-2H3. The SMILES string of the molecule is CC(C)OC(=O)CS(=O)(=O)c1cc(F)ccc1F. The van der Waals surface area contributed by atoms with Crippen molar-refractivity contribution in [1.29, 1.82) is 0 Å². The van der Waals surface area contributed by atoms with Crippen LogP contribution in [0.4, 0.5) is 8.78 Å². The van der Waals surface area contributed by atoms with Gasteiger partial charge in [0.2, 0.25) is 0 Å². The first kappa shape index (κ1) is 14.6. The van der Waals surface area contributed by atoms with Crippen molar-refractivity contribution in [1.82, 2.24) is 0 Å². The first-order chi connectivity index (χ1) is 8.22. The van der Waals surface area contributed by atoms with E-state index in [4.69, 9.17) is 0 Å². The van der Waals surface area contributed by atoms with Gasteiger partial charge in [-0.25, -0.2) is 17.2 Å². The van der Waals surface area contributed by atoms with Crippen LogP contribution in [0.5, 0.6) is 0 Å². The van der Waals surface area contributed by atoms with Gasteiger partial charge in [-0.05, 0) is 32.0 Å². The van der Waals surface area contributed by atoms with Crippen LogP contribution in [0.25, 0.3) is 0 Å². The van der Waals surface area contributed by atoms with Crippen LogP contribution >= 0.6 is 0 Å². The van der Waals surface area contributed by atoms with Crippen LogP contribution in [0.3, 0.4) is 0 Å². The first-order valence-electron chi connectivity index (χ1n) is 5.09. The maximum atomic E-state index is 13.3. The minimum Gasteiger partial charge on any atom is -0.462 e. The molecule has 0 heterocycles. The van der Waals surface area contributed by atoms with E-state index < -0.39 is 44.2 Å². The number of carbonyl (C=O) groups excluding carboxylic acids is 1. The Morgan fingerprint density at radius 2 is 1.94 bits per heavy atom. The van der Waals surface area contributed by atoms with Gasteiger partial charge in [0.25, 0.3) is 0 Å². The van der Waals surface area contributed by atoms with E-state index in [1.165, 1.54) is 0 Å². The van der Waals surface area contributed by atoms with E-state index in [-0.39, 0.29) is 0 Å². The first-order valence-corrected chi connectivity index (χ1v) is 6.75. The topological polar surface area (TPSA) is 60.4 Å². The maximum Gasteiger partial charge on any atom is 0.321 e. The van der Waals surface area contributed by atoms with E-state index in [1.54, 1.807) is 13.8 Å². The zero-order valence-corrected chi connectivity index (χ0v) is 10.6. The molecule has 7 heteroatoms. The summed E-state index contributed by atoms with van der Waals surface area (Å²) in [7, 11) is -4.25. The molecule has 0 fully saturated rings. The number of halogens is 2. The Morgan fingerprint density at radius 3 is 2.50 bits per heavy atom. The maximum absolute atomic E-state index is 13.3. The molecular weight excluding hydrogens is 266 g/mol. The predicted molar refractivity (Wildman–Crippen MR) is 59.6 cm³/mol. The number of ether oxygens (including phenoxy) is 1. The van der Waals surface area contributed by atoms with Crippen molar-refractivity contribution in [3.8, 4) is 0 Å². The van der Waals surface area contributed by atoms with Crippen molar-refractivity contribution < 1.29 is 26.7 Å². The zero-order chi connectivity index (χ0) is 13.9. The molecule has 0 saturated heterocycles. The number of sulfone groups is 1. The van der Waals surface area contributed by atoms with Crippen molar-refractivity contribution in [2.45, 2.75) is 24.8 Å². The molecule has 0 radical (unpaired) electrons. The highest BCUT2D eigenvalue weighted by Gasteiger charge is 2.24. The smallest absolute Gasteiger partial charge is 0.321 e. The fraction of sp³-hybridized carbons (Fsp3) is 0.364. The number of hydrogen-bond acceptors (Lipinski definition) is 4. The lowest BCUT2D eigenvalue weighted by molar-refractivity contribution is -0.144. The molecular formula is C11H12F2O4S. The van der Waals surface area contributed by atoms with Crippen LogP contribution in [-0.4, -0.2) is 26.2 Å². The summed E-state index contributed by atoms with van der Waals surface area (Å²) in [5.41, 5.74) is 0. The molecule has 0 unspecified atom stereocenters. The molecule has 100 valence electrons. The largest absolute Gasteiger partial charge is 0.462 e. The lowest BCUT2D eigenvalue weighted by Crippen LogP contribution is -2.22. The number of carbonyl (C=O) groups is 1. The Morgan fingerprint density at radius 1 is 1.33 bits per heavy atom. The Bertz CT molecular complexity index is 552. The van der Waals surface area contributed by atoms with Crippen LogP contribution in [0, 0.1) is 11.6 Å². The van der Waals surface area contributed by atoms with Crippen molar-refractivity contribution in [3.63, 3.8) is 0 Å². The van der Waals surface area contributed by atoms with Gasteiger partial charge in [0.1, 0.15) is 16.5 Å². The molecule has 0 saturated carbocycles. The summed E-state index contributed by atoms with van der Waals surface area (Å²) in [6.07, 6.45) is -0.481. The third-order valence-electron chi connectivity index (χ3n) is 1.90. The van der Waals surface area contributed by atoms with Crippen LogP contribution in [0.2, 0.25) is 0 Å². The third kappa shape index (κ3) is 3.76. The lowest BCUT2D eigenvalue weighted by atomic mass is 10.3. The van der Waals surface area contributed by atoms with E-state index >= 15 is 0 Å². The highest BCUT2D eigenvalue weighted by molar-refractivity contribution is 7.92. The van der Waals surface area contributed by atoms with Gasteiger partial charge in [-0.1, -0.05) is 0 Å². The minimum absolute atomic E-state index is 0.481. The number of benzene rings is 1. The fourth-order valence-corrected chi connectivity index (χ4v) is 2.44. The average Bonchev–Trinajstić information content (AvgIpc) is 2.19. The number of esters is 1. The summed E-state index contributed by atoms with van der Waals surface area (Å²) < 4.78 is 54.2. The van der Waals surface area contributed by atoms with Crippen LogP contribution in [-0.2, 0) is 19.4 Å². The predicted octanol–water partition coefficient (Wildman–Crippen LogP) is 1.69. The summed E-state index contributed by atoms with van der Waals surface area (Å²) in [5, 5.41) is 0. The summed E-state index contributed by atoms with van der Waals surface area (Å²) >= 11 is 0. The average molecular weight is 278 g/mol. The highest BCUT2D eigenvalue weighted by Crippen LogP contribution is 2.17. The second-order valence-corrected chi connectivity index (χ2v) is 5.83. The molecule has 1 aromatic carbocycles. The van der Waals surface area contributed by atoms with E-state index in [9.17, 15) is 22.0 Å². The van der Waals surface area contributed by atoms with Gasteiger partial charge in [-0.2, -0.15) is 0 Å². The number of hydrogen-bond donors (Lipinski definition) is 0. The Labute approximate surface area is 103 Å². The molecule has 4 nitrogen and oxygen atoms in total. The van der Waals surface area contributed by atoms with Crippen molar-refractivity contribution >= 4 is 15.8 Å². The summed E-state index contributed by atoms with van der Waals surface area (Å²) in [6.45, 7) is 3.10. The van der Waals surface area contributed by atoms with E-state index in [1.807, 2.05) is 0 Å². The molecule has 0 aliphatic carbocycles. The molecule has 0 atom stereocenters. The monoisotopic (exact) mass is 278 g/mol. The van der Waals surface area contributed by atoms with Gasteiger partial charge >= 0.3 is 5.97 Å². The summed E-state index contributed by atoms with van der Waals surface area (Å²) in [6, 6.07) is 2.02. The molecule has 0 amide bonds. The third-order valence-corrected chi connectivity index (χ3v) is 3.50. The second kappa shape index (κ2) is 5.43. The van der Waals surface area contributed by atoms with Crippen LogP contribution in [0.1, 0.15) is 13.8 Å². The highest BCUT2D eigenvalue weighted by atomic mass is 32.2. The fourth-order valence-electron chi connectivity index (χ4n) is 1.25. The van der Waals surface area contributed by atoms with Crippen LogP contribution in [0.15, 0.2) is 23.1 Å². The van der Waals surface area contributed by atoms with Gasteiger partial charge in [-0.3, -0.25) is 4.79 Å². The van der Waals surface area contributed by atoms with Crippen molar-refractivity contribution in [2.75, 3.05) is 5.75 Å². The zero-order valence-electron chi connectivity index (χ0n) is 9.81. The Hall–Kier alpha value is -1.50. The molecule has 0 aliphatic heterocycles. The van der Waals surface area contributed by atoms with Gasteiger partial charge in [-0.15, -0.1) is 0 Å². The molecule has 1 aromatic rings. The van der Waals surface area contributed by atoms with Crippen molar-refractivity contribution in [2.24, 2.45) is 0 Å². The Kier molecular flexibility index (Phi) is 4.39. The molecule has 1 rings (SSSR count). The van der Waals surface area contributed by atoms with E-state index in [0.29, 0.717) is 12.1 Å². The minimum atomic E-state index is -4.25. The quantitative estimate of drug-likeness (QED) is 0.786. The molecule has 0 spiro atoms. The molecule has 0 aliphatic rings. The van der Waals surface area contributed by atoms with Crippen LogP contribution < -0.4 is 0 Å². The van der Waals surface area contributed by atoms with Gasteiger partial charge in [0.05, 0.1) is 6.10 Å². The van der Waals surface area contributed by atoms with Gasteiger partial charge in [0, 0.05) is 0 Å². The van der Waals surface area contributed by atoms with E-state index in [2.05, 4.69) is 4.74 Å². The second-order valence-electron chi connectivity index (χ2n) is 3.87.